The smallest absolute Gasteiger partial charge is 0.0605 e. The first-order valence-electron chi connectivity index (χ1n) is 6.70. The molecule has 2 N–H and O–H groups in total. The minimum Gasteiger partial charge on any atom is -0.393 e. The van der Waals surface area contributed by atoms with Gasteiger partial charge in [-0.05, 0) is 37.2 Å². The van der Waals surface area contributed by atoms with Crippen LogP contribution in [-0.2, 0) is 0 Å². The van der Waals surface area contributed by atoms with Crippen LogP contribution in [0.25, 0.3) is 0 Å². The Morgan fingerprint density at radius 1 is 1.25 bits per heavy atom. The highest BCUT2D eigenvalue weighted by atomic mass is 32.2. The summed E-state index contributed by atoms with van der Waals surface area (Å²) in [7, 11) is 0. The van der Waals surface area contributed by atoms with Gasteiger partial charge in [-0.1, -0.05) is 19.8 Å². The number of nitrogens with one attached hydrogen (secondary N) is 1. The lowest BCUT2D eigenvalue weighted by Crippen LogP contribution is -2.47. The summed E-state index contributed by atoms with van der Waals surface area (Å²) in [6, 6.07) is 0.701. The average Bonchev–Trinajstić information content (AvgIpc) is 2.32. The Balaban J connectivity index is 1.78. The van der Waals surface area contributed by atoms with Crippen molar-refractivity contribution in [2.45, 2.75) is 57.6 Å². The first-order chi connectivity index (χ1) is 7.71. The summed E-state index contributed by atoms with van der Waals surface area (Å²) in [5.74, 6) is 2.61. The Kier molecular flexibility index (Phi) is 4.57. The van der Waals surface area contributed by atoms with E-state index >= 15 is 0 Å². The fraction of sp³-hybridized carbons (Fsp3) is 1.00. The van der Waals surface area contributed by atoms with Crippen molar-refractivity contribution in [3.8, 4) is 0 Å². The van der Waals surface area contributed by atoms with Gasteiger partial charge in [0.05, 0.1) is 6.10 Å². The Labute approximate surface area is 104 Å². The van der Waals surface area contributed by atoms with Gasteiger partial charge in [0.25, 0.3) is 0 Å². The number of thioether (sulfide) groups is 1. The largest absolute Gasteiger partial charge is 0.393 e. The Morgan fingerprint density at radius 3 is 2.69 bits per heavy atom. The van der Waals surface area contributed by atoms with Crippen LogP contribution in [0.15, 0.2) is 0 Å². The minimum absolute atomic E-state index is 0.0910. The lowest BCUT2D eigenvalue weighted by atomic mass is 9.73. The summed E-state index contributed by atoms with van der Waals surface area (Å²) in [5, 5.41) is 13.8. The topological polar surface area (TPSA) is 32.3 Å². The third kappa shape index (κ3) is 3.14. The van der Waals surface area contributed by atoms with Gasteiger partial charge < -0.3 is 10.4 Å². The zero-order valence-corrected chi connectivity index (χ0v) is 11.2. The molecule has 3 heteroatoms. The third-order valence-electron chi connectivity index (χ3n) is 4.30. The zero-order valence-electron chi connectivity index (χ0n) is 10.4. The molecule has 2 unspecified atom stereocenters. The Bertz CT molecular complexity index is 218. The van der Waals surface area contributed by atoms with E-state index < -0.39 is 0 Å². The maximum atomic E-state index is 10.1. The fourth-order valence-electron chi connectivity index (χ4n) is 2.87. The number of hydrogen-bond acceptors (Lipinski definition) is 3. The number of aliphatic hydroxyl groups is 1. The van der Waals surface area contributed by atoms with Gasteiger partial charge >= 0.3 is 0 Å². The van der Waals surface area contributed by atoms with E-state index in [1.165, 1.54) is 43.6 Å². The monoisotopic (exact) mass is 243 g/mol. The fourth-order valence-corrected chi connectivity index (χ4v) is 3.97. The molecular formula is C13H25NOS. The molecule has 0 spiro atoms. The molecule has 94 valence electrons. The lowest BCUT2D eigenvalue weighted by molar-refractivity contribution is -0.000405. The van der Waals surface area contributed by atoms with E-state index in [4.69, 9.17) is 0 Å². The number of hydrogen-bond donors (Lipinski definition) is 2. The summed E-state index contributed by atoms with van der Waals surface area (Å²) >= 11 is 2.07. The Hall–Kier alpha value is 0.270. The first kappa shape index (κ1) is 12.7. The van der Waals surface area contributed by atoms with Crippen molar-refractivity contribution >= 4 is 11.8 Å². The minimum atomic E-state index is -0.0910. The molecule has 16 heavy (non-hydrogen) atoms. The molecule has 0 aromatic rings. The van der Waals surface area contributed by atoms with Gasteiger partial charge in [0, 0.05) is 18.0 Å². The molecule has 0 radical (unpaired) electrons. The molecule has 0 bridgehead atoms. The zero-order chi connectivity index (χ0) is 11.4. The molecule has 0 aromatic heterocycles. The molecule has 2 nitrogen and oxygen atoms in total. The molecule has 1 saturated heterocycles. The quantitative estimate of drug-likeness (QED) is 0.798. The third-order valence-corrected chi connectivity index (χ3v) is 5.34. The van der Waals surface area contributed by atoms with E-state index in [0.717, 1.165) is 13.0 Å². The molecule has 0 amide bonds. The van der Waals surface area contributed by atoms with Crippen molar-refractivity contribution < 1.29 is 5.11 Å². The normalized spacial score (nSPS) is 37.5. The van der Waals surface area contributed by atoms with Gasteiger partial charge in [0.15, 0.2) is 0 Å². The van der Waals surface area contributed by atoms with Crippen LogP contribution in [0.1, 0.15) is 45.4 Å². The second kappa shape index (κ2) is 5.74. The van der Waals surface area contributed by atoms with Crippen molar-refractivity contribution in [2.24, 2.45) is 5.41 Å². The van der Waals surface area contributed by atoms with Crippen molar-refractivity contribution in [2.75, 3.05) is 18.1 Å². The summed E-state index contributed by atoms with van der Waals surface area (Å²) in [6.45, 7) is 3.25. The van der Waals surface area contributed by atoms with Gasteiger partial charge in [-0.3, -0.25) is 0 Å². The standard InChI is InChI=1S/C13H25NOS/c1-13(7-3-2-4-12(13)15)10-14-11-5-8-16-9-6-11/h11-12,14-15H,2-10H2,1H3. The molecule has 1 saturated carbocycles. The van der Waals surface area contributed by atoms with E-state index in [2.05, 4.69) is 24.0 Å². The molecule has 0 aromatic carbocycles. The lowest BCUT2D eigenvalue weighted by Gasteiger charge is -2.40. The highest BCUT2D eigenvalue weighted by Gasteiger charge is 2.35. The van der Waals surface area contributed by atoms with Crippen molar-refractivity contribution in [1.29, 1.82) is 0 Å². The van der Waals surface area contributed by atoms with Crippen LogP contribution in [0.5, 0.6) is 0 Å². The van der Waals surface area contributed by atoms with Gasteiger partial charge in [-0.25, -0.2) is 0 Å². The SMILES string of the molecule is CC1(CNC2CCSCC2)CCCCC1O. The van der Waals surface area contributed by atoms with Crippen LogP contribution in [0.4, 0.5) is 0 Å². The maximum Gasteiger partial charge on any atom is 0.0605 e. The Morgan fingerprint density at radius 2 is 2.00 bits per heavy atom. The van der Waals surface area contributed by atoms with Crippen LogP contribution in [-0.4, -0.2) is 35.3 Å². The van der Waals surface area contributed by atoms with E-state index in [9.17, 15) is 5.11 Å². The first-order valence-corrected chi connectivity index (χ1v) is 7.85. The summed E-state index contributed by atoms with van der Waals surface area (Å²) in [6.07, 6.45) is 7.19. The molecule has 1 heterocycles. The number of aliphatic hydroxyl groups excluding tert-OH is 1. The van der Waals surface area contributed by atoms with Crippen LogP contribution < -0.4 is 5.32 Å². The van der Waals surface area contributed by atoms with E-state index in [1.54, 1.807) is 0 Å². The van der Waals surface area contributed by atoms with Gasteiger partial charge in [0.1, 0.15) is 0 Å². The number of rotatable bonds is 3. The van der Waals surface area contributed by atoms with Gasteiger partial charge in [0.2, 0.25) is 0 Å². The van der Waals surface area contributed by atoms with Crippen molar-refractivity contribution in [1.82, 2.24) is 5.32 Å². The van der Waals surface area contributed by atoms with E-state index in [1.807, 2.05) is 0 Å². The second-order valence-corrected chi connectivity index (χ2v) is 6.91. The van der Waals surface area contributed by atoms with Gasteiger partial charge in [-0.2, -0.15) is 11.8 Å². The van der Waals surface area contributed by atoms with Crippen molar-refractivity contribution in [3.63, 3.8) is 0 Å². The maximum absolute atomic E-state index is 10.1. The predicted molar refractivity (Wildman–Crippen MR) is 70.9 cm³/mol. The summed E-state index contributed by atoms with van der Waals surface area (Å²) in [4.78, 5) is 0. The van der Waals surface area contributed by atoms with E-state index in [-0.39, 0.29) is 11.5 Å². The predicted octanol–water partition coefficient (Wildman–Crippen LogP) is 2.41. The molecule has 1 aliphatic carbocycles. The summed E-state index contributed by atoms with van der Waals surface area (Å²) in [5.41, 5.74) is 0.128. The van der Waals surface area contributed by atoms with Crippen LogP contribution in [0.3, 0.4) is 0 Å². The van der Waals surface area contributed by atoms with Crippen LogP contribution in [0, 0.1) is 5.41 Å². The molecule has 2 atom stereocenters. The van der Waals surface area contributed by atoms with Gasteiger partial charge in [-0.15, -0.1) is 0 Å². The van der Waals surface area contributed by atoms with E-state index in [0.29, 0.717) is 6.04 Å². The second-order valence-electron chi connectivity index (χ2n) is 5.68. The van der Waals surface area contributed by atoms with Crippen LogP contribution in [0.2, 0.25) is 0 Å². The summed E-state index contributed by atoms with van der Waals surface area (Å²) < 4.78 is 0. The molecule has 2 fully saturated rings. The molecule has 2 rings (SSSR count). The molecule has 2 aliphatic rings. The highest BCUT2D eigenvalue weighted by Crippen LogP contribution is 2.35. The molecule has 1 aliphatic heterocycles. The van der Waals surface area contributed by atoms with Crippen LogP contribution >= 0.6 is 11.8 Å². The highest BCUT2D eigenvalue weighted by molar-refractivity contribution is 7.99. The average molecular weight is 243 g/mol. The molecular weight excluding hydrogens is 218 g/mol. The van der Waals surface area contributed by atoms with Crippen molar-refractivity contribution in [3.05, 3.63) is 0 Å².